The van der Waals surface area contributed by atoms with E-state index in [4.69, 9.17) is 0 Å². The van der Waals surface area contributed by atoms with Crippen LogP contribution in [0.1, 0.15) is 27.7 Å². The van der Waals surface area contributed by atoms with Crippen LogP contribution in [0.15, 0.2) is 0 Å². The molecule has 0 aromatic heterocycles. The molecule has 2 amide bonds. The standard InChI is InChI=1S/C8H13NO3/c1-5(10)9-7(12)6(11)8(2,3)4/h1-4H3,(H,9,10,12). The van der Waals surface area contributed by atoms with Crippen LogP contribution in [-0.2, 0) is 14.4 Å². The highest BCUT2D eigenvalue weighted by Crippen LogP contribution is 2.13. The van der Waals surface area contributed by atoms with Crippen LogP contribution >= 0.6 is 0 Å². The average Bonchev–Trinajstić information content (AvgIpc) is 1.82. The summed E-state index contributed by atoms with van der Waals surface area (Å²) in [4.78, 5) is 32.5. The summed E-state index contributed by atoms with van der Waals surface area (Å²) in [5.74, 6) is -1.94. The van der Waals surface area contributed by atoms with Crippen LogP contribution in [0, 0.1) is 5.41 Å². The monoisotopic (exact) mass is 171 g/mol. The molecule has 0 heterocycles. The number of ketones is 1. The fourth-order valence-electron chi connectivity index (χ4n) is 0.557. The highest BCUT2D eigenvalue weighted by atomic mass is 16.2. The van der Waals surface area contributed by atoms with Gasteiger partial charge in [0.2, 0.25) is 11.7 Å². The Bertz CT molecular complexity index is 225. The van der Waals surface area contributed by atoms with Crippen LogP contribution < -0.4 is 5.32 Å². The maximum Gasteiger partial charge on any atom is 0.294 e. The number of hydrogen-bond donors (Lipinski definition) is 1. The number of carbonyl (C=O) groups excluding carboxylic acids is 3. The van der Waals surface area contributed by atoms with E-state index in [1.807, 2.05) is 5.32 Å². The molecular weight excluding hydrogens is 158 g/mol. The summed E-state index contributed by atoms with van der Waals surface area (Å²) in [7, 11) is 0. The molecule has 0 aliphatic heterocycles. The van der Waals surface area contributed by atoms with Gasteiger partial charge in [0, 0.05) is 12.3 Å². The van der Waals surface area contributed by atoms with Gasteiger partial charge >= 0.3 is 0 Å². The first-order valence-electron chi connectivity index (χ1n) is 3.61. The first kappa shape index (κ1) is 10.8. The average molecular weight is 171 g/mol. The van der Waals surface area contributed by atoms with Gasteiger partial charge in [-0.3, -0.25) is 19.7 Å². The van der Waals surface area contributed by atoms with Gasteiger partial charge in [-0.1, -0.05) is 20.8 Å². The molecule has 4 nitrogen and oxygen atoms in total. The molecule has 0 radical (unpaired) electrons. The Balaban J connectivity index is 4.32. The summed E-state index contributed by atoms with van der Waals surface area (Å²) in [5, 5.41) is 1.92. The molecule has 0 unspecified atom stereocenters. The second kappa shape index (κ2) is 3.47. The second-order valence-corrected chi connectivity index (χ2v) is 3.59. The zero-order valence-electron chi connectivity index (χ0n) is 7.72. The van der Waals surface area contributed by atoms with Crippen molar-refractivity contribution < 1.29 is 14.4 Å². The van der Waals surface area contributed by atoms with Gasteiger partial charge in [-0.15, -0.1) is 0 Å². The maximum atomic E-state index is 11.1. The Morgan fingerprint density at radius 1 is 1.08 bits per heavy atom. The second-order valence-electron chi connectivity index (χ2n) is 3.59. The van der Waals surface area contributed by atoms with Crippen molar-refractivity contribution in [2.75, 3.05) is 0 Å². The van der Waals surface area contributed by atoms with Gasteiger partial charge in [0.25, 0.3) is 5.91 Å². The first-order valence-corrected chi connectivity index (χ1v) is 3.61. The van der Waals surface area contributed by atoms with E-state index in [0.717, 1.165) is 0 Å². The third-order valence-corrected chi connectivity index (χ3v) is 1.18. The van der Waals surface area contributed by atoms with Gasteiger partial charge in [0.1, 0.15) is 0 Å². The van der Waals surface area contributed by atoms with E-state index >= 15 is 0 Å². The van der Waals surface area contributed by atoms with E-state index in [-0.39, 0.29) is 0 Å². The highest BCUT2D eigenvalue weighted by molar-refractivity contribution is 6.40. The number of Topliss-reactive ketones (excluding diaryl/α,β-unsaturated/α-hetero) is 1. The van der Waals surface area contributed by atoms with Crippen LogP contribution in [0.2, 0.25) is 0 Å². The molecule has 0 atom stereocenters. The minimum atomic E-state index is -0.838. The molecular formula is C8H13NO3. The molecule has 0 saturated carbocycles. The lowest BCUT2D eigenvalue weighted by Gasteiger charge is -2.14. The van der Waals surface area contributed by atoms with E-state index in [2.05, 4.69) is 0 Å². The molecule has 0 aromatic carbocycles. The predicted molar refractivity (Wildman–Crippen MR) is 43.3 cm³/mol. The van der Waals surface area contributed by atoms with Crippen molar-refractivity contribution in [2.45, 2.75) is 27.7 Å². The molecule has 0 aliphatic carbocycles. The molecule has 68 valence electrons. The molecule has 0 fully saturated rings. The fraction of sp³-hybridized carbons (Fsp3) is 0.625. The molecule has 0 aromatic rings. The van der Waals surface area contributed by atoms with Crippen molar-refractivity contribution in [1.29, 1.82) is 0 Å². The third-order valence-electron chi connectivity index (χ3n) is 1.18. The quantitative estimate of drug-likeness (QED) is 0.576. The summed E-state index contributed by atoms with van der Waals surface area (Å²) < 4.78 is 0. The van der Waals surface area contributed by atoms with E-state index in [1.54, 1.807) is 20.8 Å². The summed E-state index contributed by atoms with van der Waals surface area (Å²) >= 11 is 0. The molecule has 0 bridgehead atoms. The van der Waals surface area contributed by atoms with Crippen LogP contribution in [0.4, 0.5) is 0 Å². The van der Waals surface area contributed by atoms with Crippen LogP contribution in [0.5, 0.6) is 0 Å². The van der Waals surface area contributed by atoms with E-state index < -0.39 is 23.0 Å². The van der Waals surface area contributed by atoms with Crippen LogP contribution in [-0.4, -0.2) is 17.6 Å². The van der Waals surface area contributed by atoms with Gasteiger partial charge in [-0.25, -0.2) is 0 Å². The van der Waals surface area contributed by atoms with Gasteiger partial charge in [-0.05, 0) is 0 Å². The van der Waals surface area contributed by atoms with Crippen molar-refractivity contribution in [3.8, 4) is 0 Å². The first-order chi connectivity index (χ1) is 5.25. The topological polar surface area (TPSA) is 63.2 Å². The Hall–Kier alpha value is -1.19. The van der Waals surface area contributed by atoms with Gasteiger partial charge < -0.3 is 0 Å². The Labute approximate surface area is 71.3 Å². The van der Waals surface area contributed by atoms with Crippen LogP contribution in [0.3, 0.4) is 0 Å². The Morgan fingerprint density at radius 2 is 1.50 bits per heavy atom. The lowest BCUT2D eigenvalue weighted by atomic mass is 9.90. The van der Waals surface area contributed by atoms with Gasteiger partial charge in [0.05, 0.1) is 0 Å². The molecule has 0 saturated heterocycles. The summed E-state index contributed by atoms with van der Waals surface area (Å²) in [6.07, 6.45) is 0. The Kier molecular flexibility index (Phi) is 3.13. The largest absolute Gasteiger partial charge is 0.294 e. The summed E-state index contributed by atoms with van der Waals surface area (Å²) in [6, 6.07) is 0. The van der Waals surface area contributed by atoms with E-state index in [1.165, 1.54) is 6.92 Å². The highest BCUT2D eigenvalue weighted by Gasteiger charge is 2.28. The smallest absolute Gasteiger partial charge is 0.290 e. The summed E-state index contributed by atoms with van der Waals surface area (Å²) in [5.41, 5.74) is -0.737. The maximum absolute atomic E-state index is 11.1. The zero-order valence-corrected chi connectivity index (χ0v) is 7.72. The van der Waals surface area contributed by atoms with Crippen molar-refractivity contribution in [1.82, 2.24) is 5.32 Å². The minimum absolute atomic E-state index is 0.516. The lowest BCUT2D eigenvalue weighted by Crippen LogP contribution is -2.40. The predicted octanol–water partition coefficient (Wildman–Crippen LogP) is 0.264. The molecule has 0 spiro atoms. The zero-order chi connectivity index (χ0) is 9.94. The molecule has 0 rings (SSSR count). The number of nitrogens with one attached hydrogen (secondary N) is 1. The molecule has 1 N–H and O–H groups in total. The van der Waals surface area contributed by atoms with E-state index in [9.17, 15) is 14.4 Å². The number of hydrogen-bond acceptors (Lipinski definition) is 3. The van der Waals surface area contributed by atoms with Crippen molar-refractivity contribution in [3.63, 3.8) is 0 Å². The summed E-state index contributed by atoms with van der Waals surface area (Å²) in [6.45, 7) is 6.05. The molecule has 12 heavy (non-hydrogen) atoms. The number of carbonyl (C=O) groups is 3. The molecule has 0 aliphatic rings. The Morgan fingerprint density at radius 3 is 1.75 bits per heavy atom. The fourth-order valence-corrected chi connectivity index (χ4v) is 0.557. The lowest BCUT2D eigenvalue weighted by molar-refractivity contribution is -0.144. The van der Waals surface area contributed by atoms with Gasteiger partial charge in [0.15, 0.2) is 0 Å². The number of imide groups is 1. The third kappa shape index (κ3) is 3.27. The van der Waals surface area contributed by atoms with Crippen LogP contribution in [0.25, 0.3) is 0 Å². The van der Waals surface area contributed by atoms with Crippen molar-refractivity contribution in [3.05, 3.63) is 0 Å². The normalized spacial score (nSPS) is 10.7. The van der Waals surface area contributed by atoms with E-state index in [0.29, 0.717) is 0 Å². The van der Waals surface area contributed by atoms with Crippen molar-refractivity contribution in [2.24, 2.45) is 5.41 Å². The SMILES string of the molecule is CC(=O)NC(=O)C(=O)C(C)(C)C. The van der Waals surface area contributed by atoms with Crippen molar-refractivity contribution >= 4 is 17.6 Å². The molecule has 4 heteroatoms. The van der Waals surface area contributed by atoms with Gasteiger partial charge in [-0.2, -0.15) is 0 Å². The number of rotatable bonds is 1. The minimum Gasteiger partial charge on any atom is -0.290 e. The number of amides is 2.